The van der Waals surface area contributed by atoms with Crippen LogP contribution >= 0.6 is 0 Å². The molecule has 3 atom stereocenters. The summed E-state index contributed by atoms with van der Waals surface area (Å²) in [6.45, 7) is 3.76. The Bertz CT molecular complexity index is 1170. The average molecular weight is 520 g/mol. The molecule has 0 unspecified atom stereocenters. The number of nitrogens with zero attached hydrogens (tertiary/aromatic N) is 3. The number of aliphatic hydroxyl groups excluding tert-OH is 1. The number of phenolic OH excluding ortho intramolecular Hbond substituents is 1. The van der Waals surface area contributed by atoms with Crippen molar-refractivity contribution in [3.8, 4) is 11.5 Å². The molecule has 2 amide bonds. The highest BCUT2D eigenvalue weighted by molar-refractivity contribution is 5.79. The highest BCUT2D eigenvalue weighted by Gasteiger charge is 2.34. The first kappa shape index (κ1) is 26.3. The van der Waals surface area contributed by atoms with Crippen LogP contribution in [0.4, 0.5) is 0 Å². The van der Waals surface area contributed by atoms with Gasteiger partial charge in [0.2, 0.25) is 11.8 Å². The number of hydrogen-bond acceptors (Lipinski definition) is 6. The van der Waals surface area contributed by atoms with E-state index in [0.29, 0.717) is 58.7 Å². The number of fused-ring (bicyclic) bond motifs is 3. The number of ether oxygens (including phenoxy) is 1. The highest BCUT2D eigenvalue weighted by atomic mass is 16.5. The van der Waals surface area contributed by atoms with Crippen LogP contribution in [0.2, 0.25) is 0 Å². The average Bonchev–Trinajstić information content (AvgIpc) is 3.35. The van der Waals surface area contributed by atoms with Crippen LogP contribution in [0.1, 0.15) is 30.4 Å². The maximum Gasteiger partial charge on any atom is 0.236 e. The highest BCUT2D eigenvalue weighted by Crippen LogP contribution is 2.30. The first-order valence-corrected chi connectivity index (χ1v) is 13.6. The van der Waals surface area contributed by atoms with Gasteiger partial charge in [0.25, 0.3) is 0 Å². The van der Waals surface area contributed by atoms with Gasteiger partial charge < -0.3 is 24.7 Å². The van der Waals surface area contributed by atoms with Gasteiger partial charge in [0.15, 0.2) is 0 Å². The molecule has 2 N–H and O–H groups in total. The van der Waals surface area contributed by atoms with Gasteiger partial charge in [-0.25, -0.2) is 0 Å². The van der Waals surface area contributed by atoms with E-state index in [1.165, 1.54) is 0 Å². The number of aromatic hydroxyl groups is 1. The topological polar surface area (TPSA) is 93.6 Å². The number of likely N-dealkylation sites (tertiary alicyclic amines) is 1. The number of phenols is 1. The van der Waals surface area contributed by atoms with E-state index in [1.807, 2.05) is 52.3 Å². The van der Waals surface area contributed by atoms with Gasteiger partial charge in [0.05, 0.1) is 12.6 Å². The quantitative estimate of drug-likeness (QED) is 0.604. The Kier molecular flexibility index (Phi) is 8.29. The SMILES string of the molecule is O=C(C[C@@H]1CCN2C[C@@H]1/C=C\COc1ccccc1CN(Cc1ccccc1O)CC2=O)N1CC[C@@H](O)C1. The van der Waals surface area contributed by atoms with Crippen molar-refractivity contribution < 1.29 is 24.5 Å². The summed E-state index contributed by atoms with van der Waals surface area (Å²) in [7, 11) is 0. The third-order valence-electron chi connectivity index (χ3n) is 7.94. The zero-order valence-corrected chi connectivity index (χ0v) is 21.7. The lowest BCUT2D eigenvalue weighted by atomic mass is 9.82. The summed E-state index contributed by atoms with van der Waals surface area (Å²) >= 11 is 0. The Hall–Kier alpha value is -3.36. The second-order valence-electron chi connectivity index (χ2n) is 10.7. The minimum absolute atomic E-state index is 0.0453. The number of β-amino-alcohol motifs (C(OH)–C–C–N with tert-alkyl or cyclic N) is 1. The number of aliphatic hydroxyl groups is 1. The fourth-order valence-electron chi connectivity index (χ4n) is 5.78. The van der Waals surface area contributed by atoms with Crippen LogP contribution in [0.3, 0.4) is 0 Å². The molecule has 0 radical (unpaired) electrons. The van der Waals surface area contributed by atoms with Gasteiger partial charge in [-0.05, 0) is 36.8 Å². The van der Waals surface area contributed by atoms with Gasteiger partial charge >= 0.3 is 0 Å². The van der Waals surface area contributed by atoms with Gasteiger partial charge in [0.1, 0.15) is 18.1 Å². The molecule has 0 spiro atoms. The standard InChI is InChI=1S/C30H37N3O5/c34-26-12-14-33(20-26)29(36)16-22-11-13-32-19-23(22)8-5-15-38-28-10-4-2-7-25(28)18-31(21-30(32)37)17-24-6-1-3-9-27(24)35/h1-10,22-23,26,34-35H,11-21H2/b8-5-/t22-,23-,26+/m0/s1. The van der Waals surface area contributed by atoms with Crippen molar-refractivity contribution >= 4 is 11.8 Å². The summed E-state index contributed by atoms with van der Waals surface area (Å²) < 4.78 is 6.13. The van der Waals surface area contributed by atoms with E-state index >= 15 is 0 Å². The van der Waals surface area contributed by atoms with Crippen LogP contribution in [0.5, 0.6) is 11.5 Å². The summed E-state index contributed by atoms with van der Waals surface area (Å²) in [6.07, 6.45) is 5.50. The maximum atomic E-state index is 13.6. The third-order valence-corrected chi connectivity index (χ3v) is 7.94. The van der Waals surface area contributed by atoms with Crippen LogP contribution in [-0.2, 0) is 22.7 Å². The molecule has 0 aromatic heterocycles. The summed E-state index contributed by atoms with van der Waals surface area (Å²) in [5.74, 6) is 1.30. The zero-order valence-electron chi connectivity index (χ0n) is 21.7. The number of benzene rings is 2. The van der Waals surface area contributed by atoms with E-state index in [9.17, 15) is 19.8 Å². The van der Waals surface area contributed by atoms with E-state index < -0.39 is 6.10 Å². The van der Waals surface area contributed by atoms with Crippen molar-refractivity contribution in [3.05, 3.63) is 71.8 Å². The predicted octanol–water partition coefficient (Wildman–Crippen LogP) is 2.79. The van der Waals surface area contributed by atoms with Crippen LogP contribution in [0.25, 0.3) is 0 Å². The fraction of sp³-hybridized carbons (Fsp3) is 0.467. The Labute approximate surface area is 224 Å². The van der Waals surface area contributed by atoms with Gasteiger partial charge in [-0.2, -0.15) is 0 Å². The largest absolute Gasteiger partial charge is 0.508 e. The lowest BCUT2D eigenvalue weighted by molar-refractivity contribution is -0.136. The van der Waals surface area contributed by atoms with Crippen molar-refractivity contribution in [2.75, 3.05) is 39.3 Å². The zero-order chi connectivity index (χ0) is 26.5. The smallest absolute Gasteiger partial charge is 0.236 e. The molecule has 2 saturated heterocycles. The van der Waals surface area contributed by atoms with Crippen molar-refractivity contribution in [1.82, 2.24) is 14.7 Å². The molecule has 2 aromatic rings. The lowest BCUT2D eigenvalue weighted by Gasteiger charge is -2.38. The minimum atomic E-state index is -0.427. The Morgan fingerprint density at radius 2 is 1.82 bits per heavy atom. The normalized spacial score (nSPS) is 25.5. The first-order valence-electron chi connectivity index (χ1n) is 13.6. The molecular formula is C30H37N3O5. The second kappa shape index (κ2) is 12.0. The molecule has 2 fully saturated rings. The Morgan fingerprint density at radius 1 is 1.00 bits per heavy atom. The number of rotatable bonds is 4. The molecule has 2 bridgehead atoms. The van der Waals surface area contributed by atoms with E-state index in [-0.39, 0.29) is 35.9 Å². The van der Waals surface area contributed by atoms with E-state index in [1.54, 1.807) is 17.0 Å². The molecular weight excluding hydrogens is 482 g/mol. The molecule has 3 aliphatic heterocycles. The van der Waals surface area contributed by atoms with Crippen LogP contribution in [-0.4, -0.2) is 82.2 Å². The van der Waals surface area contributed by atoms with Crippen molar-refractivity contribution in [1.29, 1.82) is 0 Å². The summed E-state index contributed by atoms with van der Waals surface area (Å²) in [5, 5.41) is 20.2. The molecule has 3 aliphatic rings. The van der Waals surface area contributed by atoms with Crippen LogP contribution in [0, 0.1) is 11.8 Å². The van der Waals surface area contributed by atoms with Crippen LogP contribution in [0.15, 0.2) is 60.7 Å². The van der Waals surface area contributed by atoms with Gasteiger partial charge in [-0.1, -0.05) is 48.6 Å². The number of piperidine rings is 1. The van der Waals surface area contributed by atoms with E-state index in [4.69, 9.17) is 4.74 Å². The third kappa shape index (κ3) is 6.37. The summed E-state index contributed by atoms with van der Waals surface area (Å²) in [4.78, 5) is 32.2. The Balaban J connectivity index is 1.36. The fourth-order valence-corrected chi connectivity index (χ4v) is 5.78. The first-order chi connectivity index (χ1) is 18.5. The van der Waals surface area contributed by atoms with E-state index in [2.05, 4.69) is 6.08 Å². The Morgan fingerprint density at radius 3 is 2.63 bits per heavy atom. The van der Waals surface area contributed by atoms with Crippen LogP contribution < -0.4 is 4.74 Å². The number of para-hydroxylation sites is 2. The maximum absolute atomic E-state index is 13.6. The van der Waals surface area contributed by atoms with Crippen molar-refractivity contribution in [2.24, 2.45) is 11.8 Å². The molecule has 38 heavy (non-hydrogen) atoms. The molecule has 5 rings (SSSR count). The van der Waals surface area contributed by atoms with Crippen molar-refractivity contribution in [2.45, 2.75) is 38.5 Å². The molecule has 3 heterocycles. The van der Waals surface area contributed by atoms with E-state index in [0.717, 1.165) is 23.3 Å². The van der Waals surface area contributed by atoms with Crippen molar-refractivity contribution in [3.63, 3.8) is 0 Å². The van der Waals surface area contributed by atoms with Gasteiger partial charge in [-0.15, -0.1) is 0 Å². The molecule has 202 valence electrons. The molecule has 0 aliphatic carbocycles. The number of hydrogen-bond donors (Lipinski definition) is 2. The molecule has 8 nitrogen and oxygen atoms in total. The lowest BCUT2D eigenvalue weighted by Crippen LogP contribution is -2.47. The number of carbonyl (C=O) groups excluding carboxylic acids is 2. The molecule has 0 saturated carbocycles. The summed E-state index contributed by atoms with van der Waals surface area (Å²) in [6, 6.07) is 15.1. The molecule has 8 heteroatoms. The minimum Gasteiger partial charge on any atom is -0.508 e. The number of amides is 2. The predicted molar refractivity (Wildman–Crippen MR) is 143 cm³/mol. The van der Waals surface area contributed by atoms with Gasteiger partial charge in [-0.3, -0.25) is 14.5 Å². The monoisotopic (exact) mass is 519 g/mol. The summed E-state index contributed by atoms with van der Waals surface area (Å²) in [5.41, 5.74) is 1.75. The molecule has 2 aromatic carbocycles. The van der Waals surface area contributed by atoms with Gasteiger partial charge in [0, 0.05) is 56.8 Å². The number of carbonyl (C=O) groups is 2. The second-order valence-corrected chi connectivity index (χ2v) is 10.7.